The summed E-state index contributed by atoms with van der Waals surface area (Å²) in [7, 11) is 0. The zero-order valence-corrected chi connectivity index (χ0v) is 10.1. The Morgan fingerprint density at radius 2 is 2.13 bits per heavy atom. The molecule has 0 fully saturated rings. The standard InChI is InChI=1S/C11H17NO2S/c1-11(2,3)9-5-4-7(15-9)6-8(12)10(13)14/h4-5,8H,6,12H2,1-3H3,(H,13,14)/t8-/m0/s1. The summed E-state index contributed by atoms with van der Waals surface area (Å²) in [6.45, 7) is 6.42. The zero-order valence-electron chi connectivity index (χ0n) is 9.28. The molecule has 0 unspecified atom stereocenters. The van der Waals surface area contributed by atoms with Gasteiger partial charge in [-0.05, 0) is 17.5 Å². The molecule has 0 aliphatic rings. The molecule has 1 aromatic heterocycles. The lowest BCUT2D eigenvalue weighted by Crippen LogP contribution is -2.31. The molecule has 84 valence electrons. The van der Waals surface area contributed by atoms with Gasteiger partial charge >= 0.3 is 5.97 Å². The van der Waals surface area contributed by atoms with Crippen molar-refractivity contribution in [3.63, 3.8) is 0 Å². The van der Waals surface area contributed by atoms with Gasteiger partial charge in [0, 0.05) is 16.2 Å². The molecule has 0 saturated carbocycles. The molecule has 15 heavy (non-hydrogen) atoms. The molecule has 0 amide bonds. The molecule has 1 heterocycles. The summed E-state index contributed by atoms with van der Waals surface area (Å²) in [6.07, 6.45) is 0.413. The number of aliphatic carboxylic acids is 1. The van der Waals surface area contributed by atoms with Crippen molar-refractivity contribution < 1.29 is 9.90 Å². The Labute approximate surface area is 93.9 Å². The van der Waals surface area contributed by atoms with Crippen LogP contribution < -0.4 is 5.73 Å². The number of nitrogens with two attached hydrogens (primary N) is 1. The minimum absolute atomic E-state index is 0.121. The second-order valence-corrected chi connectivity index (χ2v) is 5.83. The smallest absolute Gasteiger partial charge is 0.320 e. The van der Waals surface area contributed by atoms with Crippen molar-refractivity contribution in [2.45, 2.75) is 38.6 Å². The number of carbonyl (C=O) groups is 1. The molecule has 0 aliphatic carbocycles. The summed E-state index contributed by atoms with van der Waals surface area (Å²) < 4.78 is 0. The van der Waals surface area contributed by atoms with Crippen LogP contribution in [0.1, 0.15) is 30.5 Å². The van der Waals surface area contributed by atoms with Crippen molar-refractivity contribution >= 4 is 17.3 Å². The van der Waals surface area contributed by atoms with Crippen LogP contribution in [0.25, 0.3) is 0 Å². The van der Waals surface area contributed by atoms with Crippen LogP contribution in [-0.2, 0) is 16.6 Å². The average molecular weight is 227 g/mol. The molecule has 1 aromatic rings. The summed E-state index contributed by atoms with van der Waals surface area (Å²) in [5.41, 5.74) is 5.60. The molecule has 0 spiro atoms. The van der Waals surface area contributed by atoms with Crippen LogP contribution in [0.15, 0.2) is 12.1 Å². The Hall–Kier alpha value is -0.870. The Morgan fingerprint density at radius 3 is 2.53 bits per heavy atom. The first-order chi connectivity index (χ1) is 6.80. The van der Waals surface area contributed by atoms with E-state index >= 15 is 0 Å². The van der Waals surface area contributed by atoms with Crippen LogP contribution in [0.2, 0.25) is 0 Å². The summed E-state index contributed by atoms with van der Waals surface area (Å²) in [5.74, 6) is -0.944. The predicted molar refractivity (Wildman–Crippen MR) is 62.3 cm³/mol. The van der Waals surface area contributed by atoms with Crippen LogP contribution >= 0.6 is 11.3 Å². The normalized spacial score (nSPS) is 13.9. The fraction of sp³-hybridized carbons (Fsp3) is 0.545. The summed E-state index contributed by atoms with van der Waals surface area (Å²) in [6, 6.07) is 3.22. The van der Waals surface area contributed by atoms with Crippen molar-refractivity contribution in [2.75, 3.05) is 0 Å². The van der Waals surface area contributed by atoms with Crippen LogP contribution in [0.4, 0.5) is 0 Å². The maximum atomic E-state index is 10.6. The van der Waals surface area contributed by atoms with E-state index in [4.69, 9.17) is 10.8 Å². The molecule has 4 heteroatoms. The molecule has 3 N–H and O–H groups in total. The number of hydrogen-bond acceptors (Lipinski definition) is 3. The van der Waals surface area contributed by atoms with E-state index in [2.05, 4.69) is 26.8 Å². The highest BCUT2D eigenvalue weighted by atomic mass is 32.1. The van der Waals surface area contributed by atoms with E-state index in [1.54, 1.807) is 11.3 Å². The number of thiophene rings is 1. The van der Waals surface area contributed by atoms with E-state index in [1.807, 2.05) is 6.07 Å². The topological polar surface area (TPSA) is 63.3 Å². The first kappa shape index (κ1) is 12.2. The molecule has 0 radical (unpaired) electrons. The SMILES string of the molecule is CC(C)(C)c1ccc(C[C@H](N)C(=O)O)s1. The van der Waals surface area contributed by atoms with Crippen molar-refractivity contribution in [3.8, 4) is 0 Å². The fourth-order valence-electron chi connectivity index (χ4n) is 1.19. The molecular formula is C11H17NO2S. The third kappa shape index (κ3) is 3.32. The van der Waals surface area contributed by atoms with Crippen molar-refractivity contribution in [1.29, 1.82) is 0 Å². The van der Waals surface area contributed by atoms with E-state index in [1.165, 1.54) is 4.88 Å². The lowest BCUT2D eigenvalue weighted by Gasteiger charge is -2.15. The van der Waals surface area contributed by atoms with Crippen LogP contribution in [0.3, 0.4) is 0 Å². The van der Waals surface area contributed by atoms with Gasteiger partial charge in [-0.1, -0.05) is 20.8 Å². The zero-order chi connectivity index (χ0) is 11.6. The predicted octanol–water partition coefficient (Wildman–Crippen LogP) is 2.00. The summed E-state index contributed by atoms with van der Waals surface area (Å²) >= 11 is 1.64. The minimum Gasteiger partial charge on any atom is -0.480 e. The van der Waals surface area contributed by atoms with Gasteiger partial charge in [0.1, 0.15) is 6.04 Å². The lowest BCUT2D eigenvalue weighted by atomic mass is 9.95. The molecule has 0 aliphatic heterocycles. The van der Waals surface area contributed by atoms with Gasteiger partial charge in [0.15, 0.2) is 0 Å². The second kappa shape index (κ2) is 4.33. The van der Waals surface area contributed by atoms with E-state index < -0.39 is 12.0 Å². The molecule has 3 nitrogen and oxygen atoms in total. The van der Waals surface area contributed by atoms with E-state index in [-0.39, 0.29) is 5.41 Å². The number of carboxylic acids is 1. The Balaban J connectivity index is 2.73. The average Bonchev–Trinajstić information content (AvgIpc) is 2.51. The number of rotatable bonds is 3. The Kier molecular flexibility index (Phi) is 3.52. The van der Waals surface area contributed by atoms with Gasteiger partial charge in [0.05, 0.1) is 0 Å². The first-order valence-corrected chi connectivity index (χ1v) is 5.70. The molecule has 1 atom stereocenters. The van der Waals surface area contributed by atoms with Crippen molar-refractivity contribution in [3.05, 3.63) is 21.9 Å². The van der Waals surface area contributed by atoms with Gasteiger partial charge in [0.2, 0.25) is 0 Å². The lowest BCUT2D eigenvalue weighted by molar-refractivity contribution is -0.138. The van der Waals surface area contributed by atoms with Crippen LogP contribution in [0, 0.1) is 0 Å². The van der Waals surface area contributed by atoms with Gasteiger partial charge in [-0.2, -0.15) is 0 Å². The second-order valence-electron chi connectivity index (χ2n) is 4.66. The summed E-state index contributed by atoms with van der Waals surface area (Å²) in [5, 5.41) is 8.69. The monoisotopic (exact) mass is 227 g/mol. The highest BCUT2D eigenvalue weighted by Crippen LogP contribution is 2.29. The quantitative estimate of drug-likeness (QED) is 0.830. The number of carboxylic acid groups (broad SMARTS) is 1. The van der Waals surface area contributed by atoms with Gasteiger partial charge in [-0.25, -0.2) is 0 Å². The van der Waals surface area contributed by atoms with Crippen molar-refractivity contribution in [1.82, 2.24) is 0 Å². The summed E-state index contributed by atoms with van der Waals surface area (Å²) in [4.78, 5) is 12.9. The van der Waals surface area contributed by atoms with E-state index in [9.17, 15) is 4.79 Å². The molecule has 0 saturated heterocycles. The molecule has 1 rings (SSSR count). The molecule has 0 bridgehead atoms. The van der Waals surface area contributed by atoms with Crippen LogP contribution in [-0.4, -0.2) is 17.1 Å². The Bertz CT molecular complexity index is 352. The minimum atomic E-state index is -0.944. The maximum absolute atomic E-state index is 10.6. The van der Waals surface area contributed by atoms with Crippen molar-refractivity contribution in [2.24, 2.45) is 5.73 Å². The third-order valence-corrected chi connectivity index (χ3v) is 3.67. The number of hydrogen-bond donors (Lipinski definition) is 2. The largest absolute Gasteiger partial charge is 0.480 e. The highest BCUT2D eigenvalue weighted by Gasteiger charge is 2.18. The van der Waals surface area contributed by atoms with Gasteiger partial charge < -0.3 is 10.8 Å². The van der Waals surface area contributed by atoms with Crippen LogP contribution in [0.5, 0.6) is 0 Å². The molecular weight excluding hydrogens is 210 g/mol. The third-order valence-electron chi connectivity index (χ3n) is 2.14. The maximum Gasteiger partial charge on any atom is 0.320 e. The molecule has 0 aromatic carbocycles. The highest BCUT2D eigenvalue weighted by molar-refractivity contribution is 7.12. The van der Waals surface area contributed by atoms with Gasteiger partial charge in [-0.3, -0.25) is 4.79 Å². The van der Waals surface area contributed by atoms with Gasteiger partial charge in [-0.15, -0.1) is 11.3 Å². The van der Waals surface area contributed by atoms with Gasteiger partial charge in [0.25, 0.3) is 0 Å². The first-order valence-electron chi connectivity index (χ1n) is 4.88. The Morgan fingerprint density at radius 1 is 1.53 bits per heavy atom. The van der Waals surface area contributed by atoms with E-state index in [0.29, 0.717) is 6.42 Å². The van der Waals surface area contributed by atoms with E-state index in [0.717, 1.165) is 4.88 Å². The fourth-order valence-corrected chi connectivity index (χ4v) is 2.32.